The minimum Gasteiger partial charge on any atom is -0.385 e. The second-order valence-corrected chi connectivity index (χ2v) is 4.86. The Kier molecular flexibility index (Phi) is 4.92. The molecule has 21 heavy (non-hydrogen) atoms. The maximum absolute atomic E-state index is 12.2. The van der Waals surface area contributed by atoms with Crippen molar-refractivity contribution in [3.05, 3.63) is 41.7 Å². The number of nitrogens with one attached hydrogen (secondary N) is 2. The second-order valence-electron chi connectivity index (χ2n) is 4.86. The summed E-state index contributed by atoms with van der Waals surface area (Å²) < 4.78 is 1.95. The Hall–Kier alpha value is -2.37. The first-order valence-electron chi connectivity index (χ1n) is 7.06. The first kappa shape index (κ1) is 15.0. The topological polar surface area (TPSA) is 71.8 Å². The van der Waals surface area contributed by atoms with E-state index in [1.54, 1.807) is 12.4 Å². The molecule has 2 aromatic heterocycles. The van der Waals surface area contributed by atoms with E-state index in [-0.39, 0.29) is 5.91 Å². The Bertz CT molecular complexity index is 620. The van der Waals surface area contributed by atoms with E-state index in [2.05, 4.69) is 20.6 Å². The molecule has 2 heterocycles. The molecule has 6 nitrogen and oxygen atoms in total. The normalized spacial score (nSPS) is 10.4. The summed E-state index contributed by atoms with van der Waals surface area (Å²) in [5.74, 6) is 0.830. The van der Waals surface area contributed by atoms with Crippen molar-refractivity contribution in [3.8, 4) is 0 Å². The van der Waals surface area contributed by atoms with Gasteiger partial charge in [0, 0.05) is 50.8 Å². The number of amides is 1. The third kappa shape index (κ3) is 3.81. The van der Waals surface area contributed by atoms with E-state index in [1.165, 1.54) is 0 Å². The lowest BCUT2D eigenvalue weighted by molar-refractivity contribution is 0.0954. The summed E-state index contributed by atoms with van der Waals surface area (Å²) in [6.07, 6.45) is 5.96. The average Bonchev–Trinajstić information content (AvgIpc) is 2.85. The number of rotatable bonds is 6. The van der Waals surface area contributed by atoms with E-state index in [1.807, 2.05) is 37.7 Å². The van der Waals surface area contributed by atoms with E-state index in [4.69, 9.17) is 0 Å². The molecular weight excluding hydrogens is 266 g/mol. The van der Waals surface area contributed by atoms with Crippen LogP contribution in [0.3, 0.4) is 0 Å². The molecular formula is C15H21N5O. The summed E-state index contributed by atoms with van der Waals surface area (Å²) in [6.45, 7) is 5.21. The van der Waals surface area contributed by atoms with Crippen LogP contribution in [0.4, 0.5) is 5.69 Å². The number of anilines is 1. The summed E-state index contributed by atoms with van der Waals surface area (Å²) in [4.78, 5) is 20.7. The van der Waals surface area contributed by atoms with Crippen LogP contribution in [0.2, 0.25) is 0 Å². The van der Waals surface area contributed by atoms with Crippen LogP contribution in [0.25, 0.3) is 0 Å². The van der Waals surface area contributed by atoms with Gasteiger partial charge in [-0.25, -0.2) is 4.98 Å². The number of aromatic nitrogens is 3. The lowest BCUT2D eigenvalue weighted by atomic mass is 10.2. The SMILES string of the molecule is CCNc1cc(C)ncc1C(=O)NCCc1nccn1C. The second kappa shape index (κ2) is 6.88. The van der Waals surface area contributed by atoms with Crippen molar-refractivity contribution in [1.82, 2.24) is 19.9 Å². The van der Waals surface area contributed by atoms with E-state index in [0.29, 0.717) is 18.5 Å². The van der Waals surface area contributed by atoms with Gasteiger partial charge in [0.05, 0.1) is 11.3 Å². The van der Waals surface area contributed by atoms with E-state index >= 15 is 0 Å². The number of hydrogen-bond donors (Lipinski definition) is 2. The number of carbonyl (C=O) groups excluding carboxylic acids is 1. The molecule has 0 fully saturated rings. The van der Waals surface area contributed by atoms with E-state index in [9.17, 15) is 4.79 Å². The highest BCUT2D eigenvalue weighted by Crippen LogP contribution is 2.15. The highest BCUT2D eigenvalue weighted by atomic mass is 16.1. The average molecular weight is 287 g/mol. The van der Waals surface area contributed by atoms with Crippen molar-refractivity contribution in [1.29, 1.82) is 0 Å². The van der Waals surface area contributed by atoms with E-state index < -0.39 is 0 Å². The predicted octanol–water partition coefficient (Wildman–Crippen LogP) is 1.53. The van der Waals surface area contributed by atoms with Crippen molar-refractivity contribution < 1.29 is 4.79 Å². The zero-order chi connectivity index (χ0) is 15.2. The van der Waals surface area contributed by atoms with Gasteiger partial charge in [0.25, 0.3) is 5.91 Å². The molecule has 0 atom stereocenters. The van der Waals surface area contributed by atoms with Gasteiger partial charge in [0.2, 0.25) is 0 Å². The fourth-order valence-corrected chi connectivity index (χ4v) is 2.10. The summed E-state index contributed by atoms with van der Waals surface area (Å²) in [6, 6.07) is 1.89. The number of aryl methyl sites for hydroxylation is 2. The third-order valence-corrected chi connectivity index (χ3v) is 3.21. The molecule has 0 spiro atoms. The van der Waals surface area contributed by atoms with Crippen molar-refractivity contribution in [2.24, 2.45) is 7.05 Å². The van der Waals surface area contributed by atoms with Crippen LogP contribution in [0.1, 0.15) is 28.8 Å². The molecule has 0 saturated heterocycles. The van der Waals surface area contributed by atoms with E-state index in [0.717, 1.165) is 23.8 Å². The van der Waals surface area contributed by atoms with Gasteiger partial charge in [-0.3, -0.25) is 9.78 Å². The largest absolute Gasteiger partial charge is 0.385 e. The van der Waals surface area contributed by atoms with Gasteiger partial charge in [0.15, 0.2) is 0 Å². The summed E-state index contributed by atoms with van der Waals surface area (Å²) >= 11 is 0. The molecule has 0 unspecified atom stereocenters. The van der Waals surface area contributed by atoms with Crippen molar-refractivity contribution in [2.45, 2.75) is 20.3 Å². The molecule has 6 heteroatoms. The van der Waals surface area contributed by atoms with Crippen LogP contribution in [-0.2, 0) is 13.5 Å². The smallest absolute Gasteiger partial charge is 0.254 e. The molecule has 2 rings (SSSR count). The van der Waals surface area contributed by atoms with Gasteiger partial charge in [-0.05, 0) is 19.9 Å². The van der Waals surface area contributed by atoms with Crippen LogP contribution >= 0.6 is 0 Å². The first-order valence-corrected chi connectivity index (χ1v) is 7.06. The van der Waals surface area contributed by atoms with Gasteiger partial charge < -0.3 is 15.2 Å². The molecule has 0 radical (unpaired) electrons. The zero-order valence-corrected chi connectivity index (χ0v) is 12.7. The summed E-state index contributed by atoms with van der Waals surface area (Å²) in [7, 11) is 1.94. The minimum absolute atomic E-state index is 0.118. The van der Waals surface area contributed by atoms with Gasteiger partial charge in [-0.15, -0.1) is 0 Å². The van der Waals surface area contributed by atoms with Gasteiger partial charge in [-0.1, -0.05) is 0 Å². The number of hydrogen-bond acceptors (Lipinski definition) is 4. The number of nitrogens with zero attached hydrogens (tertiary/aromatic N) is 3. The molecule has 0 aromatic carbocycles. The number of carbonyl (C=O) groups is 1. The highest BCUT2D eigenvalue weighted by Gasteiger charge is 2.12. The monoisotopic (exact) mass is 287 g/mol. The molecule has 0 saturated carbocycles. The predicted molar refractivity (Wildman–Crippen MR) is 82.4 cm³/mol. The molecule has 0 aliphatic rings. The molecule has 0 bridgehead atoms. The maximum Gasteiger partial charge on any atom is 0.254 e. The van der Waals surface area contributed by atoms with Crippen LogP contribution < -0.4 is 10.6 Å². The molecule has 1 amide bonds. The maximum atomic E-state index is 12.2. The van der Waals surface area contributed by atoms with Gasteiger partial charge in [0.1, 0.15) is 5.82 Å². The Balaban J connectivity index is 1.98. The lowest BCUT2D eigenvalue weighted by Gasteiger charge is -2.11. The number of imidazole rings is 1. The summed E-state index contributed by atoms with van der Waals surface area (Å²) in [5, 5.41) is 6.10. The van der Waals surface area contributed by atoms with Crippen molar-refractivity contribution >= 4 is 11.6 Å². The fraction of sp³-hybridized carbons (Fsp3) is 0.400. The van der Waals surface area contributed by atoms with Crippen LogP contribution in [0.15, 0.2) is 24.7 Å². The fourth-order valence-electron chi connectivity index (χ4n) is 2.10. The Labute approximate surface area is 124 Å². The quantitative estimate of drug-likeness (QED) is 0.845. The van der Waals surface area contributed by atoms with Crippen molar-refractivity contribution in [2.75, 3.05) is 18.4 Å². The van der Waals surface area contributed by atoms with Gasteiger partial charge >= 0.3 is 0 Å². The zero-order valence-electron chi connectivity index (χ0n) is 12.7. The Morgan fingerprint density at radius 2 is 2.19 bits per heavy atom. The molecule has 0 aliphatic carbocycles. The van der Waals surface area contributed by atoms with Gasteiger partial charge in [-0.2, -0.15) is 0 Å². The van der Waals surface area contributed by atoms with Crippen LogP contribution in [-0.4, -0.2) is 33.5 Å². The summed E-state index contributed by atoms with van der Waals surface area (Å²) in [5.41, 5.74) is 2.28. The standard InChI is InChI=1S/C15H21N5O/c1-4-16-13-9-11(2)19-10-12(13)15(21)18-6-5-14-17-7-8-20(14)3/h7-10H,4-6H2,1-3H3,(H,16,19)(H,18,21). The Morgan fingerprint density at radius 1 is 1.38 bits per heavy atom. The highest BCUT2D eigenvalue weighted by molar-refractivity contribution is 5.99. The molecule has 112 valence electrons. The van der Waals surface area contributed by atoms with Crippen molar-refractivity contribution in [3.63, 3.8) is 0 Å². The first-order chi connectivity index (χ1) is 10.1. The molecule has 2 aromatic rings. The Morgan fingerprint density at radius 3 is 2.86 bits per heavy atom. The van der Waals surface area contributed by atoms with Crippen LogP contribution in [0, 0.1) is 6.92 Å². The minimum atomic E-state index is -0.118. The molecule has 0 aliphatic heterocycles. The lowest BCUT2D eigenvalue weighted by Crippen LogP contribution is -2.27. The van der Waals surface area contributed by atoms with Crippen LogP contribution in [0.5, 0.6) is 0 Å². The number of pyridine rings is 1. The third-order valence-electron chi connectivity index (χ3n) is 3.21. The molecule has 2 N–H and O–H groups in total.